The molecule has 6 nitrogen and oxygen atoms in total. The standard InChI is InChI=1S/C24H23ClF3N5OS/c25-18-12-10-16(11-13-18)22-31-32-23(33(22)19-7-2-1-3-8-19)35-15-21(34)30-29-14-17-6-4-5-9-20(17)24(26,27)28/h4-6,9-14,19H,1-3,7-8,15H2,(H,30,34)/b29-14+. The van der Waals surface area contributed by atoms with Gasteiger partial charge < -0.3 is 0 Å². The minimum absolute atomic E-state index is 0.0102. The van der Waals surface area contributed by atoms with Crippen LogP contribution in [0, 0.1) is 0 Å². The molecule has 0 bridgehead atoms. The van der Waals surface area contributed by atoms with Crippen LogP contribution in [0.25, 0.3) is 11.4 Å². The van der Waals surface area contributed by atoms with Crippen LogP contribution in [-0.4, -0.2) is 32.6 Å². The minimum Gasteiger partial charge on any atom is -0.299 e. The molecule has 1 aliphatic rings. The summed E-state index contributed by atoms with van der Waals surface area (Å²) in [6.45, 7) is 0. The number of benzene rings is 2. The smallest absolute Gasteiger partial charge is 0.299 e. The molecule has 0 atom stereocenters. The van der Waals surface area contributed by atoms with E-state index < -0.39 is 17.6 Å². The molecule has 1 saturated carbocycles. The van der Waals surface area contributed by atoms with Gasteiger partial charge in [0.2, 0.25) is 0 Å². The van der Waals surface area contributed by atoms with Gasteiger partial charge in [-0.3, -0.25) is 9.36 Å². The number of amides is 1. The summed E-state index contributed by atoms with van der Waals surface area (Å²) in [7, 11) is 0. The molecule has 3 aromatic rings. The fourth-order valence-electron chi connectivity index (χ4n) is 4.04. The number of hydrogen-bond acceptors (Lipinski definition) is 5. The second kappa shape index (κ2) is 11.3. The van der Waals surface area contributed by atoms with Gasteiger partial charge in [0.05, 0.1) is 17.5 Å². The highest BCUT2D eigenvalue weighted by Crippen LogP contribution is 2.36. The summed E-state index contributed by atoms with van der Waals surface area (Å²) < 4.78 is 41.4. The summed E-state index contributed by atoms with van der Waals surface area (Å²) in [6.07, 6.45) is 1.91. The molecule has 1 aromatic heterocycles. The lowest BCUT2D eigenvalue weighted by Crippen LogP contribution is -2.21. The fraction of sp³-hybridized carbons (Fsp3) is 0.333. The van der Waals surface area contributed by atoms with Crippen molar-refractivity contribution in [1.82, 2.24) is 20.2 Å². The highest BCUT2D eigenvalue weighted by atomic mass is 35.5. The molecule has 184 valence electrons. The first-order chi connectivity index (χ1) is 16.8. The number of thioether (sulfide) groups is 1. The van der Waals surface area contributed by atoms with Gasteiger partial charge in [0, 0.05) is 22.2 Å². The number of carbonyl (C=O) groups excluding carboxylic acids is 1. The number of hydrogen-bond donors (Lipinski definition) is 1. The third-order valence-corrected chi connectivity index (χ3v) is 6.89. The van der Waals surface area contributed by atoms with Crippen molar-refractivity contribution < 1.29 is 18.0 Å². The third-order valence-electron chi connectivity index (χ3n) is 5.70. The predicted octanol–water partition coefficient (Wildman–Crippen LogP) is 6.36. The van der Waals surface area contributed by atoms with Gasteiger partial charge in [-0.05, 0) is 43.2 Å². The monoisotopic (exact) mass is 521 g/mol. The van der Waals surface area contributed by atoms with Crippen molar-refractivity contribution in [3.8, 4) is 11.4 Å². The van der Waals surface area contributed by atoms with Crippen molar-refractivity contribution in [3.05, 3.63) is 64.7 Å². The summed E-state index contributed by atoms with van der Waals surface area (Å²) in [5.74, 6) is 0.254. The van der Waals surface area contributed by atoms with Gasteiger partial charge in [0.25, 0.3) is 5.91 Å². The first kappa shape index (κ1) is 25.2. The number of alkyl halides is 3. The van der Waals surface area contributed by atoms with Gasteiger partial charge in [-0.1, -0.05) is 60.8 Å². The zero-order chi connectivity index (χ0) is 24.8. The van der Waals surface area contributed by atoms with E-state index >= 15 is 0 Å². The number of aromatic nitrogens is 3. The van der Waals surface area contributed by atoms with E-state index in [9.17, 15) is 18.0 Å². The van der Waals surface area contributed by atoms with Crippen LogP contribution in [0.5, 0.6) is 0 Å². The van der Waals surface area contributed by atoms with Crippen molar-refractivity contribution in [1.29, 1.82) is 0 Å². The fourth-order valence-corrected chi connectivity index (χ4v) is 4.97. The van der Waals surface area contributed by atoms with Crippen LogP contribution in [0.3, 0.4) is 0 Å². The van der Waals surface area contributed by atoms with Gasteiger partial charge in [-0.15, -0.1) is 10.2 Å². The van der Waals surface area contributed by atoms with Crippen molar-refractivity contribution in [2.75, 3.05) is 5.75 Å². The topological polar surface area (TPSA) is 72.2 Å². The second-order valence-electron chi connectivity index (χ2n) is 8.14. The molecule has 35 heavy (non-hydrogen) atoms. The molecule has 0 radical (unpaired) electrons. The molecule has 4 rings (SSSR count). The number of carbonyl (C=O) groups is 1. The molecule has 0 saturated heterocycles. The van der Waals surface area contributed by atoms with Gasteiger partial charge in [-0.2, -0.15) is 18.3 Å². The van der Waals surface area contributed by atoms with E-state index in [1.165, 1.54) is 36.4 Å². The molecular formula is C24H23ClF3N5OS. The van der Waals surface area contributed by atoms with Crippen LogP contribution in [0.2, 0.25) is 5.02 Å². The lowest BCUT2D eigenvalue weighted by atomic mass is 9.95. The highest BCUT2D eigenvalue weighted by molar-refractivity contribution is 7.99. The van der Waals surface area contributed by atoms with Crippen molar-refractivity contribution >= 4 is 35.5 Å². The maximum Gasteiger partial charge on any atom is 0.417 e. The molecular weight excluding hydrogens is 499 g/mol. The van der Waals surface area contributed by atoms with Gasteiger partial charge in [0.1, 0.15) is 0 Å². The number of halogens is 4. The predicted molar refractivity (Wildman–Crippen MR) is 130 cm³/mol. The van der Waals surface area contributed by atoms with Crippen LogP contribution in [0.15, 0.2) is 58.8 Å². The maximum atomic E-state index is 13.1. The normalized spacial score (nSPS) is 15.0. The van der Waals surface area contributed by atoms with E-state index in [1.807, 2.05) is 12.1 Å². The Balaban J connectivity index is 1.45. The molecule has 1 heterocycles. The second-order valence-corrected chi connectivity index (χ2v) is 9.52. The highest BCUT2D eigenvalue weighted by Gasteiger charge is 2.32. The van der Waals surface area contributed by atoms with E-state index in [-0.39, 0.29) is 17.4 Å². The molecule has 0 spiro atoms. The summed E-state index contributed by atoms with van der Waals surface area (Å²) in [5.41, 5.74) is 2.24. The summed E-state index contributed by atoms with van der Waals surface area (Å²) >= 11 is 7.25. The van der Waals surface area contributed by atoms with Crippen LogP contribution >= 0.6 is 23.4 Å². The Labute approximate surface area is 210 Å². The Morgan fingerprint density at radius 1 is 1.11 bits per heavy atom. The van der Waals surface area contributed by atoms with E-state index in [2.05, 4.69) is 25.3 Å². The Morgan fingerprint density at radius 3 is 2.54 bits per heavy atom. The molecule has 11 heteroatoms. The number of rotatable bonds is 7. The number of hydrazone groups is 1. The van der Waals surface area contributed by atoms with Crippen LogP contribution in [0.4, 0.5) is 13.2 Å². The van der Waals surface area contributed by atoms with E-state index in [4.69, 9.17) is 11.6 Å². The zero-order valence-electron chi connectivity index (χ0n) is 18.6. The number of nitrogens with zero attached hydrogens (tertiary/aromatic N) is 4. The van der Waals surface area contributed by atoms with Crippen molar-refractivity contribution in [2.45, 2.75) is 49.5 Å². The van der Waals surface area contributed by atoms with E-state index in [0.717, 1.165) is 49.4 Å². The first-order valence-corrected chi connectivity index (χ1v) is 12.5. The summed E-state index contributed by atoms with van der Waals surface area (Å²) in [4.78, 5) is 12.4. The van der Waals surface area contributed by atoms with Gasteiger partial charge in [-0.25, -0.2) is 5.43 Å². The van der Waals surface area contributed by atoms with Gasteiger partial charge >= 0.3 is 6.18 Å². The largest absolute Gasteiger partial charge is 0.417 e. The van der Waals surface area contributed by atoms with Crippen molar-refractivity contribution in [3.63, 3.8) is 0 Å². The lowest BCUT2D eigenvalue weighted by Gasteiger charge is -2.25. The van der Waals surface area contributed by atoms with Crippen LogP contribution < -0.4 is 5.43 Å². The summed E-state index contributed by atoms with van der Waals surface area (Å²) in [6, 6.07) is 12.6. The summed E-state index contributed by atoms with van der Waals surface area (Å²) in [5, 5.41) is 13.7. The Bertz CT molecular complexity index is 1190. The van der Waals surface area contributed by atoms with Crippen LogP contribution in [0.1, 0.15) is 49.3 Å². The molecule has 0 aliphatic heterocycles. The van der Waals surface area contributed by atoms with Gasteiger partial charge in [0.15, 0.2) is 11.0 Å². The average molecular weight is 522 g/mol. The molecule has 1 aliphatic carbocycles. The van der Waals surface area contributed by atoms with Crippen molar-refractivity contribution in [2.24, 2.45) is 5.10 Å². The van der Waals surface area contributed by atoms with Crippen LogP contribution in [-0.2, 0) is 11.0 Å². The lowest BCUT2D eigenvalue weighted by molar-refractivity contribution is -0.137. The molecule has 0 unspecified atom stereocenters. The Morgan fingerprint density at radius 2 is 1.83 bits per heavy atom. The average Bonchev–Trinajstić information content (AvgIpc) is 3.27. The third kappa shape index (κ3) is 6.43. The first-order valence-electron chi connectivity index (χ1n) is 11.1. The minimum atomic E-state index is -4.51. The molecule has 2 aromatic carbocycles. The quantitative estimate of drug-likeness (QED) is 0.223. The molecule has 1 amide bonds. The Kier molecular flexibility index (Phi) is 8.12. The zero-order valence-corrected chi connectivity index (χ0v) is 20.2. The Hall–Kier alpha value is -2.85. The SMILES string of the molecule is O=C(CSc1nnc(-c2ccc(Cl)cc2)n1C1CCCCC1)N/N=C/c1ccccc1C(F)(F)F. The molecule has 1 N–H and O–H groups in total. The molecule has 1 fully saturated rings. The van der Waals surface area contributed by atoms with E-state index in [1.54, 1.807) is 12.1 Å². The maximum absolute atomic E-state index is 13.1. The number of nitrogens with one attached hydrogen (secondary N) is 1. The van der Waals surface area contributed by atoms with E-state index in [0.29, 0.717) is 10.2 Å².